The zero-order chi connectivity index (χ0) is 19.6. The van der Waals surface area contributed by atoms with Gasteiger partial charge in [0.05, 0.1) is 0 Å². The van der Waals surface area contributed by atoms with E-state index in [0.29, 0.717) is 12.3 Å². The maximum Gasteiger partial charge on any atom is 0.223 e. The number of amides is 1. The summed E-state index contributed by atoms with van der Waals surface area (Å²) in [7, 11) is 4.05. The van der Waals surface area contributed by atoms with Crippen LogP contribution >= 0.6 is 0 Å². The van der Waals surface area contributed by atoms with E-state index in [0.717, 1.165) is 29.8 Å². The molecule has 1 aliphatic carbocycles. The van der Waals surface area contributed by atoms with Gasteiger partial charge in [0, 0.05) is 36.8 Å². The molecule has 1 aromatic heterocycles. The molecule has 1 amide bonds. The Morgan fingerprint density at radius 2 is 1.89 bits per heavy atom. The molecule has 27 heavy (non-hydrogen) atoms. The predicted octanol–water partition coefficient (Wildman–Crippen LogP) is 2.19. The second kappa shape index (κ2) is 8.05. The average molecular weight is 368 g/mol. The normalized spacial score (nSPS) is 19.7. The Labute approximate surface area is 160 Å². The highest BCUT2D eigenvalue weighted by Gasteiger charge is 2.45. The quantitative estimate of drug-likeness (QED) is 0.783. The Balaban J connectivity index is 1.59. The number of hydrogen-bond acceptors (Lipinski definition) is 5. The fraction of sp³-hybridized carbons (Fsp3) is 0.476. The van der Waals surface area contributed by atoms with Gasteiger partial charge < -0.3 is 15.3 Å². The van der Waals surface area contributed by atoms with Crippen LogP contribution in [0.4, 0.5) is 0 Å². The zero-order valence-corrected chi connectivity index (χ0v) is 16.4. The van der Waals surface area contributed by atoms with Crippen LogP contribution in [-0.4, -0.2) is 52.6 Å². The molecule has 0 radical (unpaired) electrons. The van der Waals surface area contributed by atoms with Crippen molar-refractivity contribution in [2.75, 3.05) is 20.6 Å². The van der Waals surface area contributed by atoms with Crippen molar-refractivity contribution in [1.29, 1.82) is 0 Å². The fourth-order valence-electron chi connectivity index (χ4n) is 3.59. The molecule has 6 heteroatoms. The van der Waals surface area contributed by atoms with Crippen LogP contribution in [0.2, 0.25) is 0 Å². The lowest BCUT2D eigenvalue weighted by Crippen LogP contribution is -2.42. The summed E-state index contributed by atoms with van der Waals surface area (Å²) < 4.78 is 0. The van der Waals surface area contributed by atoms with Crippen LogP contribution < -0.4 is 5.32 Å². The second-order valence-corrected chi connectivity index (χ2v) is 7.68. The largest absolute Gasteiger partial charge is 0.508 e. The molecule has 1 fully saturated rings. The van der Waals surface area contributed by atoms with Gasteiger partial charge in [0.1, 0.15) is 11.6 Å². The number of aromatic nitrogens is 2. The Bertz CT molecular complexity index is 784. The van der Waals surface area contributed by atoms with Gasteiger partial charge in [0.25, 0.3) is 0 Å². The van der Waals surface area contributed by atoms with Crippen molar-refractivity contribution in [2.45, 2.75) is 38.6 Å². The lowest BCUT2D eigenvalue weighted by Gasteiger charge is -2.26. The molecule has 1 aromatic carbocycles. The maximum atomic E-state index is 12.5. The highest BCUT2D eigenvalue weighted by Crippen LogP contribution is 2.45. The van der Waals surface area contributed by atoms with Gasteiger partial charge in [-0.15, -0.1) is 0 Å². The summed E-state index contributed by atoms with van der Waals surface area (Å²) in [6.07, 6.45) is 5.08. The first-order valence-corrected chi connectivity index (χ1v) is 9.37. The zero-order valence-electron chi connectivity index (χ0n) is 16.4. The third-order valence-corrected chi connectivity index (χ3v) is 5.41. The molecule has 6 nitrogen and oxygen atoms in total. The molecule has 0 spiro atoms. The third-order valence-electron chi connectivity index (χ3n) is 5.41. The molecule has 0 aliphatic heterocycles. The van der Waals surface area contributed by atoms with E-state index in [-0.39, 0.29) is 23.8 Å². The third kappa shape index (κ3) is 4.63. The summed E-state index contributed by atoms with van der Waals surface area (Å²) in [5.41, 5.74) is 3.38. The SMILES string of the molecule is Cc1cc(O)cc(C)c1C[C@@H](CNC(=O)C1CC1c1ncccn1)N(C)C. The van der Waals surface area contributed by atoms with Crippen LogP contribution in [0, 0.1) is 19.8 Å². The molecule has 2 N–H and O–H groups in total. The number of nitrogens with zero attached hydrogens (tertiary/aromatic N) is 3. The second-order valence-electron chi connectivity index (χ2n) is 7.68. The Kier molecular flexibility index (Phi) is 5.75. The van der Waals surface area contributed by atoms with Crippen molar-refractivity contribution in [2.24, 2.45) is 5.92 Å². The van der Waals surface area contributed by atoms with Crippen molar-refractivity contribution in [1.82, 2.24) is 20.2 Å². The first-order valence-electron chi connectivity index (χ1n) is 9.37. The molecule has 1 aliphatic rings. The van der Waals surface area contributed by atoms with Crippen LogP contribution in [0.25, 0.3) is 0 Å². The minimum absolute atomic E-state index is 0.0210. The van der Waals surface area contributed by atoms with Gasteiger partial charge >= 0.3 is 0 Å². The molecule has 2 unspecified atom stereocenters. The number of phenolic OH excluding ortho intramolecular Hbond substituents is 1. The van der Waals surface area contributed by atoms with Gasteiger partial charge in [0.15, 0.2) is 0 Å². The van der Waals surface area contributed by atoms with E-state index in [2.05, 4.69) is 20.2 Å². The monoisotopic (exact) mass is 368 g/mol. The van der Waals surface area contributed by atoms with E-state index in [9.17, 15) is 9.90 Å². The van der Waals surface area contributed by atoms with E-state index >= 15 is 0 Å². The molecule has 0 saturated heterocycles. The van der Waals surface area contributed by atoms with Crippen molar-refractivity contribution in [3.63, 3.8) is 0 Å². The molecule has 1 heterocycles. The fourth-order valence-corrected chi connectivity index (χ4v) is 3.59. The van der Waals surface area contributed by atoms with Crippen molar-refractivity contribution in [3.05, 3.63) is 53.1 Å². The molecule has 3 rings (SSSR count). The van der Waals surface area contributed by atoms with Crippen LogP contribution in [-0.2, 0) is 11.2 Å². The van der Waals surface area contributed by atoms with Crippen molar-refractivity contribution < 1.29 is 9.90 Å². The standard InChI is InChI=1S/C21H28N4O2/c1-13-8-16(26)9-14(2)17(13)10-15(25(3)4)12-24-21(27)19-11-18(19)20-22-6-5-7-23-20/h5-9,15,18-19,26H,10-12H2,1-4H3,(H,24,27)/t15-,18?,19?/m0/s1. The highest BCUT2D eigenvalue weighted by molar-refractivity contribution is 5.82. The minimum atomic E-state index is -0.0210. The number of benzene rings is 1. The number of nitrogens with one attached hydrogen (secondary N) is 1. The number of phenols is 1. The number of rotatable bonds is 7. The van der Waals surface area contributed by atoms with E-state index in [1.165, 1.54) is 5.56 Å². The summed E-state index contributed by atoms with van der Waals surface area (Å²) in [4.78, 5) is 23.2. The Morgan fingerprint density at radius 3 is 2.48 bits per heavy atom. The molecule has 3 atom stereocenters. The van der Waals surface area contributed by atoms with Gasteiger partial charge in [-0.05, 0) is 75.7 Å². The summed E-state index contributed by atoms with van der Waals surface area (Å²) in [6.45, 7) is 4.62. The summed E-state index contributed by atoms with van der Waals surface area (Å²) in [5.74, 6) is 1.26. The van der Waals surface area contributed by atoms with Crippen LogP contribution in [0.1, 0.15) is 34.9 Å². The molecular weight excluding hydrogens is 340 g/mol. The highest BCUT2D eigenvalue weighted by atomic mass is 16.3. The van der Waals surface area contributed by atoms with Crippen LogP contribution in [0.15, 0.2) is 30.6 Å². The van der Waals surface area contributed by atoms with Crippen LogP contribution in [0.5, 0.6) is 5.75 Å². The maximum absolute atomic E-state index is 12.5. The first kappa shape index (κ1) is 19.3. The summed E-state index contributed by atoms with van der Waals surface area (Å²) in [5, 5.41) is 12.9. The molecule has 144 valence electrons. The van der Waals surface area contributed by atoms with E-state index < -0.39 is 0 Å². The number of carbonyl (C=O) groups is 1. The Hall–Kier alpha value is -2.47. The molecule has 0 bridgehead atoms. The van der Waals surface area contributed by atoms with Crippen LogP contribution in [0.3, 0.4) is 0 Å². The number of aromatic hydroxyl groups is 1. The van der Waals surface area contributed by atoms with Crippen molar-refractivity contribution in [3.8, 4) is 5.75 Å². The molecule has 2 aromatic rings. The Morgan fingerprint density at radius 1 is 1.26 bits per heavy atom. The predicted molar refractivity (Wildman–Crippen MR) is 105 cm³/mol. The van der Waals surface area contributed by atoms with Gasteiger partial charge in [-0.25, -0.2) is 9.97 Å². The smallest absolute Gasteiger partial charge is 0.223 e. The molecular formula is C21H28N4O2. The van der Waals surface area contributed by atoms with Gasteiger partial charge in [-0.1, -0.05) is 0 Å². The lowest BCUT2D eigenvalue weighted by atomic mass is 9.95. The summed E-state index contributed by atoms with van der Waals surface area (Å²) in [6, 6.07) is 5.56. The van der Waals surface area contributed by atoms with Gasteiger partial charge in [-0.3, -0.25) is 4.79 Å². The summed E-state index contributed by atoms with van der Waals surface area (Å²) >= 11 is 0. The number of likely N-dealkylation sites (N-methyl/N-ethyl adjacent to an activating group) is 1. The van der Waals surface area contributed by atoms with Gasteiger partial charge in [-0.2, -0.15) is 0 Å². The lowest BCUT2D eigenvalue weighted by molar-refractivity contribution is -0.122. The van der Waals surface area contributed by atoms with Gasteiger partial charge in [0.2, 0.25) is 5.91 Å². The van der Waals surface area contributed by atoms with E-state index in [4.69, 9.17) is 0 Å². The average Bonchev–Trinajstić information content (AvgIpc) is 3.41. The van der Waals surface area contributed by atoms with E-state index in [1.54, 1.807) is 30.6 Å². The van der Waals surface area contributed by atoms with E-state index in [1.807, 2.05) is 27.9 Å². The van der Waals surface area contributed by atoms with Crippen molar-refractivity contribution >= 4 is 5.91 Å². The number of carbonyl (C=O) groups excluding carboxylic acids is 1. The topological polar surface area (TPSA) is 78.3 Å². The number of hydrogen-bond donors (Lipinski definition) is 2. The minimum Gasteiger partial charge on any atom is -0.508 e. The number of aryl methyl sites for hydroxylation is 2. The molecule has 1 saturated carbocycles. The first-order chi connectivity index (χ1) is 12.9.